The predicted octanol–water partition coefficient (Wildman–Crippen LogP) is 4.97. The summed E-state index contributed by atoms with van der Waals surface area (Å²) in [4.78, 5) is 13.3. The molecule has 0 fully saturated rings. The number of nitrogens with zero attached hydrogens (tertiary/aromatic N) is 2. The highest BCUT2D eigenvalue weighted by Crippen LogP contribution is 2.28. The van der Waals surface area contributed by atoms with Crippen molar-refractivity contribution in [2.45, 2.75) is 6.42 Å². The second kappa shape index (κ2) is 9.17. The van der Waals surface area contributed by atoms with Crippen LogP contribution in [0.2, 0.25) is 0 Å². The molecule has 0 atom stereocenters. The fourth-order valence-corrected chi connectivity index (χ4v) is 3.76. The summed E-state index contributed by atoms with van der Waals surface area (Å²) in [5.41, 5.74) is 3.98. The van der Waals surface area contributed by atoms with Gasteiger partial charge in [-0.15, -0.1) is 11.3 Å². The van der Waals surface area contributed by atoms with Crippen LogP contribution < -0.4 is 5.32 Å². The first-order valence-corrected chi connectivity index (χ1v) is 10.4. The number of carbonyl (C=O) groups excluding carboxylic acids is 1. The molecule has 0 saturated heterocycles. The summed E-state index contributed by atoms with van der Waals surface area (Å²) in [5, 5.41) is 9.72. The third-order valence-corrected chi connectivity index (χ3v) is 5.36. The van der Waals surface area contributed by atoms with Crippen LogP contribution in [0.5, 0.6) is 0 Å². The normalized spacial score (nSPS) is 11.0. The van der Waals surface area contributed by atoms with Gasteiger partial charge in [-0.2, -0.15) is 5.10 Å². The average molecular weight is 400 g/mol. The number of amides is 1. The Morgan fingerprint density at radius 2 is 1.76 bits per heavy atom. The Bertz CT molecular complexity index is 1080. The Morgan fingerprint density at radius 1 is 1.00 bits per heavy atom. The molecule has 0 aliphatic rings. The minimum Gasteiger partial charge on any atom is -0.352 e. The van der Waals surface area contributed by atoms with E-state index in [0.717, 1.165) is 28.2 Å². The summed E-state index contributed by atoms with van der Waals surface area (Å²) < 4.78 is 1.85. The maximum absolute atomic E-state index is 12.3. The number of hydrogen-bond acceptors (Lipinski definition) is 3. The maximum atomic E-state index is 12.3. The van der Waals surface area contributed by atoms with Crippen LogP contribution in [0.3, 0.4) is 0 Å². The standard InChI is InChI=1S/C24H21N3OS/c28-23(25-16-15-19-8-3-1-4-9-19)14-13-20-18-27(21-10-5-2-6-11-21)26-24(20)22-12-7-17-29-22/h1-14,17-18H,15-16H2,(H,25,28). The lowest BCUT2D eigenvalue weighted by atomic mass is 10.1. The van der Waals surface area contributed by atoms with Crippen molar-refractivity contribution in [2.75, 3.05) is 6.54 Å². The van der Waals surface area contributed by atoms with E-state index in [4.69, 9.17) is 5.10 Å². The Hall–Kier alpha value is -3.44. The van der Waals surface area contributed by atoms with E-state index < -0.39 is 0 Å². The largest absolute Gasteiger partial charge is 0.352 e. The van der Waals surface area contributed by atoms with Crippen LogP contribution in [0, 0.1) is 0 Å². The fraction of sp³-hybridized carbons (Fsp3) is 0.0833. The van der Waals surface area contributed by atoms with Crippen molar-refractivity contribution in [2.24, 2.45) is 0 Å². The molecule has 144 valence electrons. The smallest absolute Gasteiger partial charge is 0.244 e. The van der Waals surface area contributed by atoms with Crippen LogP contribution in [-0.2, 0) is 11.2 Å². The Kier molecular flexibility index (Phi) is 5.98. The summed E-state index contributed by atoms with van der Waals surface area (Å²) in [7, 11) is 0. The lowest BCUT2D eigenvalue weighted by Crippen LogP contribution is -2.23. The summed E-state index contributed by atoms with van der Waals surface area (Å²) in [6.07, 6.45) is 6.18. The molecule has 1 amide bonds. The second-order valence-corrected chi connectivity index (χ2v) is 7.50. The molecule has 0 saturated carbocycles. The molecular weight excluding hydrogens is 378 g/mol. The molecule has 1 N–H and O–H groups in total. The molecule has 2 aromatic carbocycles. The Balaban J connectivity index is 1.48. The molecule has 4 aromatic rings. The zero-order valence-corrected chi connectivity index (χ0v) is 16.7. The highest BCUT2D eigenvalue weighted by atomic mass is 32.1. The van der Waals surface area contributed by atoms with Crippen molar-refractivity contribution in [3.05, 3.63) is 102 Å². The quantitative estimate of drug-likeness (QED) is 0.446. The van der Waals surface area contributed by atoms with Gasteiger partial charge in [-0.3, -0.25) is 4.79 Å². The highest BCUT2D eigenvalue weighted by Gasteiger charge is 2.11. The fourth-order valence-electron chi connectivity index (χ4n) is 3.03. The van der Waals surface area contributed by atoms with E-state index in [-0.39, 0.29) is 5.91 Å². The first-order valence-electron chi connectivity index (χ1n) is 9.48. The number of benzene rings is 2. The number of aromatic nitrogens is 2. The zero-order chi connectivity index (χ0) is 19.9. The molecule has 0 unspecified atom stereocenters. The molecule has 0 radical (unpaired) electrons. The molecule has 2 aromatic heterocycles. The highest BCUT2D eigenvalue weighted by molar-refractivity contribution is 7.13. The number of para-hydroxylation sites is 1. The van der Waals surface area contributed by atoms with E-state index in [1.54, 1.807) is 17.4 Å². The van der Waals surface area contributed by atoms with Gasteiger partial charge < -0.3 is 5.32 Å². The van der Waals surface area contributed by atoms with Crippen LogP contribution in [0.25, 0.3) is 22.3 Å². The van der Waals surface area contributed by atoms with Gasteiger partial charge in [0.05, 0.1) is 10.6 Å². The number of carbonyl (C=O) groups is 1. The van der Waals surface area contributed by atoms with E-state index in [2.05, 4.69) is 17.4 Å². The zero-order valence-electron chi connectivity index (χ0n) is 15.9. The van der Waals surface area contributed by atoms with Crippen molar-refractivity contribution < 1.29 is 4.79 Å². The van der Waals surface area contributed by atoms with E-state index >= 15 is 0 Å². The summed E-state index contributed by atoms with van der Waals surface area (Å²) in [6, 6.07) is 24.1. The van der Waals surface area contributed by atoms with E-state index in [1.807, 2.05) is 83.0 Å². The van der Waals surface area contributed by atoms with Gasteiger partial charge in [0.1, 0.15) is 5.69 Å². The van der Waals surface area contributed by atoms with Crippen LogP contribution >= 0.6 is 11.3 Å². The van der Waals surface area contributed by atoms with Crippen molar-refractivity contribution in [3.63, 3.8) is 0 Å². The first kappa shape index (κ1) is 18.9. The number of hydrogen-bond donors (Lipinski definition) is 1. The predicted molar refractivity (Wildman–Crippen MR) is 119 cm³/mol. The number of rotatable bonds is 7. The van der Waals surface area contributed by atoms with Crippen LogP contribution in [0.4, 0.5) is 0 Å². The van der Waals surface area contributed by atoms with E-state index in [9.17, 15) is 4.79 Å². The minimum atomic E-state index is -0.106. The molecule has 0 spiro atoms. The molecule has 4 rings (SSSR count). The third-order valence-electron chi connectivity index (χ3n) is 4.49. The summed E-state index contributed by atoms with van der Waals surface area (Å²) in [6.45, 7) is 0.605. The van der Waals surface area contributed by atoms with E-state index in [1.165, 1.54) is 5.56 Å². The molecule has 4 nitrogen and oxygen atoms in total. The minimum absolute atomic E-state index is 0.106. The summed E-state index contributed by atoms with van der Waals surface area (Å²) in [5.74, 6) is -0.106. The topological polar surface area (TPSA) is 46.9 Å². The monoisotopic (exact) mass is 399 g/mol. The average Bonchev–Trinajstić information content (AvgIpc) is 3.43. The van der Waals surface area contributed by atoms with Crippen molar-refractivity contribution in [3.8, 4) is 16.3 Å². The van der Waals surface area contributed by atoms with Gasteiger partial charge in [-0.1, -0.05) is 54.6 Å². The third kappa shape index (κ3) is 4.89. The lowest BCUT2D eigenvalue weighted by Gasteiger charge is -2.02. The van der Waals surface area contributed by atoms with Gasteiger partial charge in [0.2, 0.25) is 5.91 Å². The van der Waals surface area contributed by atoms with Gasteiger partial charge >= 0.3 is 0 Å². The molecule has 5 heteroatoms. The SMILES string of the molecule is O=C(C=Cc1cn(-c2ccccc2)nc1-c1cccs1)NCCc1ccccc1. The molecule has 2 heterocycles. The van der Waals surface area contributed by atoms with Gasteiger partial charge in [0, 0.05) is 24.4 Å². The number of thiophene rings is 1. The van der Waals surface area contributed by atoms with Crippen molar-refractivity contribution in [1.82, 2.24) is 15.1 Å². The van der Waals surface area contributed by atoms with Gasteiger partial charge in [-0.05, 0) is 41.6 Å². The van der Waals surface area contributed by atoms with Gasteiger partial charge in [-0.25, -0.2) is 4.68 Å². The Morgan fingerprint density at radius 3 is 2.48 bits per heavy atom. The van der Waals surface area contributed by atoms with Crippen LogP contribution in [0.15, 0.2) is 90.4 Å². The summed E-state index contributed by atoms with van der Waals surface area (Å²) >= 11 is 1.63. The van der Waals surface area contributed by atoms with Crippen molar-refractivity contribution in [1.29, 1.82) is 0 Å². The number of nitrogens with one attached hydrogen (secondary N) is 1. The van der Waals surface area contributed by atoms with E-state index in [0.29, 0.717) is 6.54 Å². The lowest BCUT2D eigenvalue weighted by molar-refractivity contribution is -0.116. The molecule has 29 heavy (non-hydrogen) atoms. The molecular formula is C24H21N3OS. The molecule has 0 aliphatic carbocycles. The van der Waals surface area contributed by atoms with Gasteiger partial charge in [0.25, 0.3) is 0 Å². The van der Waals surface area contributed by atoms with Crippen molar-refractivity contribution >= 4 is 23.3 Å². The Labute approximate surface area is 174 Å². The van der Waals surface area contributed by atoms with Crippen LogP contribution in [-0.4, -0.2) is 22.2 Å². The van der Waals surface area contributed by atoms with Crippen LogP contribution in [0.1, 0.15) is 11.1 Å². The molecule has 0 aliphatic heterocycles. The van der Waals surface area contributed by atoms with Gasteiger partial charge in [0.15, 0.2) is 0 Å². The molecule has 0 bridgehead atoms. The maximum Gasteiger partial charge on any atom is 0.244 e. The second-order valence-electron chi connectivity index (χ2n) is 6.55. The first-order chi connectivity index (χ1) is 14.3.